The van der Waals surface area contributed by atoms with Crippen molar-refractivity contribution in [3.63, 3.8) is 0 Å². The van der Waals surface area contributed by atoms with Crippen LogP contribution < -0.4 is 34.7 Å². The molecule has 0 aliphatic heterocycles. The van der Waals surface area contributed by atoms with Gasteiger partial charge in [0.2, 0.25) is 0 Å². The summed E-state index contributed by atoms with van der Waals surface area (Å²) in [6, 6.07) is 0. The van der Waals surface area contributed by atoms with E-state index in [2.05, 4.69) is 21.0 Å². The second-order valence-electron chi connectivity index (χ2n) is 7.04. The first-order valence-electron chi connectivity index (χ1n) is 9.00. The Labute approximate surface area is 162 Å². The van der Waals surface area contributed by atoms with Gasteiger partial charge in [-0.3, -0.25) is 0 Å². The van der Waals surface area contributed by atoms with Crippen molar-refractivity contribution in [3.05, 3.63) is 0 Å². The van der Waals surface area contributed by atoms with Crippen molar-refractivity contribution in [2.45, 2.75) is 84.0 Å². The Hall–Kier alpha value is 0.430. The Bertz CT molecular complexity index is 263. The molecule has 0 bridgehead atoms. The number of quaternary nitrogens is 1. The van der Waals surface area contributed by atoms with Crippen molar-refractivity contribution < 1.29 is 45.4 Å². The zero-order chi connectivity index (χ0) is 16.0. The van der Waals surface area contributed by atoms with Crippen molar-refractivity contribution in [2.75, 3.05) is 27.2 Å². The Morgan fingerprint density at radius 1 is 0.818 bits per heavy atom. The molecular weight excluding hydrogens is 285 g/mol. The smallest absolute Gasteiger partial charge is 1.00 e. The molecule has 0 atom stereocenters. The minimum Gasteiger partial charge on any atom is -1.00 e. The van der Waals surface area contributed by atoms with Crippen LogP contribution in [0.15, 0.2) is 0 Å². The molecule has 3 nitrogen and oxygen atoms in total. The SMILES string of the molecule is CCCCCCCCCCCC[N+](C)(C)CCCC(=O)[O-].[H-].[Na+]. The molecule has 4 heteroatoms. The van der Waals surface area contributed by atoms with Gasteiger partial charge in [0.1, 0.15) is 0 Å². The topological polar surface area (TPSA) is 40.1 Å². The average Bonchev–Trinajstić information content (AvgIpc) is 2.40. The van der Waals surface area contributed by atoms with Crippen molar-refractivity contribution in [2.24, 2.45) is 0 Å². The molecule has 0 aromatic rings. The Kier molecular flexibility index (Phi) is 18.3. The molecule has 22 heavy (non-hydrogen) atoms. The molecule has 0 unspecified atom stereocenters. The summed E-state index contributed by atoms with van der Waals surface area (Å²) in [5, 5.41) is 10.4. The number of nitrogens with zero attached hydrogens (tertiary/aromatic N) is 1. The van der Waals surface area contributed by atoms with Crippen molar-refractivity contribution in [1.29, 1.82) is 0 Å². The predicted octanol–water partition coefficient (Wildman–Crippen LogP) is 0.630. The number of hydrogen-bond acceptors (Lipinski definition) is 2. The van der Waals surface area contributed by atoms with Gasteiger partial charge in [0.15, 0.2) is 0 Å². The fraction of sp³-hybridized carbons (Fsp3) is 0.944. The molecular formula is C18H38NNaO2. The molecule has 0 aliphatic rings. The largest absolute Gasteiger partial charge is 1.00 e. The number of carbonyl (C=O) groups is 1. The van der Waals surface area contributed by atoms with Gasteiger partial charge in [-0.25, -0.2) is 0 Å². The van der Waals surface area contributed by atoms with E-state index in [4.69, 9.17) is 0 Å². The fourth-order valence-corrected chi connectivity index (χ4v) is 2.79. The van der Waals surface area contributed by atoms with Crippen LogP contribution >= 0.6 is 0 Å². The summed E-state index contributed by atoms with van der Waals surface area (Å²) in [6.45, 7) is 4.35. The van der Waals surface area contributed by atoms with Gasteiger partial charge in [-0.15, -0.1) is 0 Å². The Morgan fingerprint density at radius 3 is 1.68 bits per heavy atom. The summed E-state index contributed by atoms with van der Waals surface area (Å²) in [7, 11) is 4.39. The van der Waals surface area contributed by atoms with E-state index >= 15 is 0 Å². The van der Waals surface area contributed by atoms with E-state index in [0.717, 1.165) is 24.0 Å². The molecule has 128 valence electrons. The standard InChI is InChI=1S/C18H37NO2.Na.H/c1-4-5-6-7-8-9-10-11-12-13-16-19(2,3)17-14-15-18(20)21;;/h4-17H2,1-3H3;;/q;+1;-1. The molecule has 0 fully saturated rings. The van der Waals surface area contributed by atoms with E-state index in [1.807, 2.05) is 0 Å². The van der Waals surface area contributed by atoms with Crippen LogP contribution in [0, 0.1) is 0 Å². The minimum absolute atomic E-state index is 0. The molecule has 0 spiro atoms. The number of carboxylic acid groups (broad SMARTS) is 1. The maximum atomic E-state index is 10.4. The van der Waals surface area contributed by atoms with E-state index in [-0.39, 0.29) is 37.4 Å². The second-order valence-corrected chi connectivity index (χ2v) is 7.04. The fourth-order valence-electron chi connectivity index (χ4n) is 2.79. The van der Waals surface area contributed by atoms with E-state index in [0.29, 0.717) is 0 Å². The van der Waals surface area contributed by atoms with Gasteiger partial charge in [0.25, 0.3) is 0 Å². The molecule has 0 aromatic carbocycles. The van der Waals surface area contributed by atoms with Gasteiger partial charge in [0.05, 0.1) is 27.2 Å². The molecule has 0 saturated carbocycles. The van der Waals surface area contributed by atoms with Crippen LogP contribution in [0.25, 0.3) is 0 Å². The Morgan fingerprint density at radius 2 is 1.23 bits per heavy atom. The van der Waals surface area contributed by atoms with Crippen LogP contribution in [0.2, 0.25) is 0 Å². The predicted molar refractivity (Wildman–Crippen MR) is 89.0 cm³/mol. The first-order chi connectivity index (χ1) is 9.98. The van der Waals surface area contributed by atoms with E-state index in [1.165, 1.54) is 64.2 Å². The van der Waals surface area contributed by atoms with Crippen LogP contribution in [0.4, 0.5) is 0 Å². The van der Waals surface area contributed by atoms with Gasteiger partial charge in [-0.05, 0) is 19.3 Å². The normalized spacial score (nSPS) is 11.2. The summed E-state index contributed by atoms with van der Waals surface area (Å²) in [5.41, 5.74) is 0. The zero-order valence-electron chi connectivity index (χ0n) is 16.7. The summed E-state index contributed by atoms with van der Waals surface area (Å²) in [4.78, 5) is 10.4. The van der Waals surface area contributed by atoms with Gasteiger partial charge < -0.3 is 15.8 Å². The van der Waals surface area contributed by atoms with Gasteiger partial charge in [0, 0.05) is 12.4 Å². The van der Waals surface area contributed by atoms with E-state index < -0.39 is 5.97 Å². The quantitative estimate of drug-likeness (QED) is 0.252. The van der Waals surface area contributed by atoms with Gasteiger partial charge in [-0.2, -0.15) is 0 Å². The third-order valence-electron chi connectivity index (χ3n) is 4.26. The van der Waals surface area contributed by atoms with Crippen LogP contribution in [0.5, 0.6) is 0 Å². The van der Waals surface area contributed by atoms with Crippen molar-refractivity contribution >= 4 is 5.97 Å². The number of carboxylic acids is 1. The van der Waals surface area contributed by atoms with Crippen molar-refractivity contribution in [3.8, 4) is 0 Å². The molecule has 0 rings (SSSR count). The van der Waals surface area contributed by atoms with Crippen LogP contribution in [0.3, 0.4) is 0 Å². The maximum Gasteiger partial charge on any atom is 1.00 e. The molecule has 0 saturated heterocycles. The molecule has 0 aliphatic carbocycles. The average molecular weight is 323 g/mol. The molecule has 0 heterocycles. The summed E-state index contributed by atoms with van der Waals surface area (Å²) < 4.78 is 0.935. The number of aliphatic carboxylic acids is 1. The molecule has 0 aromatic heterocycles. The third kappa shape index (κ3) is 18.5. The van der Waals surface area contributed by atoms with Crippen molar-refractivity contribution in [1.82, 2.24) is 0 Å². The van der Waals surface area contributed by atoms with Crippen LogP contribution in [-0.4, -0.2) is 37.6 Å². The first kappa shape index (κ1) is 24.7. The van der Waals surface area contributed by atoms with E-state index in [1.54, 1.807) is 0 Å². The van der Waals surface area contributed by atoms with Gasteiger partial charge >= 0.3 is 29.6 Å². The number of unbranched alkanes of at least 4 members (excludes halogenated alkanes) is 9. The minimum atomic E-state index is -0.922. The number of carbonyl (C=O) groups excluding carboxylic acids is 1. The maximum absolute atomic E-state index is 10.4. The van der Waals surface area contributed by atoms with Crippen LogP contribution in [-0.2, 0) is 4.79 Å². The summed E-state index contributed by atoms with van der Waals surface area (Å²) >= 11 is 0. The summed E-state index contributed by atoms with van der Waals surface area (Å²) in [6.07, 6.45) is 14.6. The number of hydrogen-bond donors (Lipinski definition) is 0. The number of rotatable bonds is 15. The van der Waals surface area contributed by atoms with Crippen LogP contribution in [0.1, 0.15) is 85.4 Å². The monoisotopic (exact) mass is 323 g/mol. The molecule has 0 N–H and O–H groups in total. The first-order valence-corrected chi connectivity index (χ1v) is 9.00. The Balaban J connectivity index is -0.00000200. The molecule has 0 radical (unpaired) electrons. The van der Waals surface area contributed by atoms with Gasteiger partial charge in [-0.1, -0.05) is 58.3 Å². The zero-order valence-corrected chi connectivity index (χ0v) is 17.7. The molecule has 0 amide bonds. The summed E-state index contributed by atoms with van der Waals surface area (Å²) in [5.74, 6) is -0.922. The van der Waals surface area contributed by atoms with E-state index in [9.17, 15) is 9.90 Å². The third-order valence-corrected chi connectivity index (χ3v) is 4.26. The second kappa shape index (κ2) is 16.3.